The molecule has 1 aromatic carbocycles. The monoisotopic (exact) mass is 367 g/mol. The van der Waals surface area contributed by atoms with Crippen LogP contribution in [0.4, 0.5) is 0 Å². The lowest BCUT2D eigenvalue weighted by Gasteiger charge is -2.27. The van der Waals surface area contributed by atoms with E-state index in [0.29, 0.717) is 0 Å². The lowest BCUT2D eigenvalue weighted by molar-refractivity contribution is 0.0384. The summed E-state index contributed by atoms with van der Waals surface area (Å²) in [5.74, 6) is 0. The minimum atomic E-state index is 0.880. The van der Waals surface area contributed by atoms with E-state index in [0.717, 1.165) is 72.0 Å². The first kappa shape index (κ1) is 16.4. The molecule has 2 aliphatic heterocycles. The molecule has 0 saturated carbocycles. The highest BCUT2D eigenvalue weighted by molar-refractivity contribution is 9.10. The summed E-state index contributed by atoms with van der Waals surface area (Å²) in [6, 6.07) is 6.89. The Morgan fingerprint density at radius 2 is 1.82 bits per heavy atom. The molecule has 2 aliphatic rings. The van der Waals surface area contributed by atoms with Crippen molar-refractivity contribution >= 4 is 15.9 Å². The van der Waals surface area contributed by atoms with Gasteiger partial charge in [0.05, 0.1) is 13.2 Å². The van der Waals surface area contributed by atoms with Crippen LogP contribution in [-0.2, 0) is 17.7 Å². The van der Waals surface area contributed by atoms with Crippen molar-refractivity contribution in [2.75, 3.05) is 59.0 Å². The van der Waals surface area contributed by atoms with Gasteiger partial charge in [0, 0.05) is 56.8 Å². The number of hydrogen-bond acceptors (Lipinski definition) is 4. The number of morpholine rings is 1. The van der Waals surface area contributed by atoms with E-state index in [1.807, 2.05) is 0 Å². The van der Waals surface area contributed by atoms with Crippen LogP contribution in [0, 0.1) is 0 Å². The topological polar surface area (TPSA) is 27.7 Å². The predicted molar refractivity (Wildman–Crippen MR) is 93.3 cm³/mol. The molecule has 1 aromatic rings. The molecule has 22 heavy (non-hydrogen) atoms. The molecular formula is C17H26BrN3O. The van der Waals surface area contributed by atoms with Gasteiger partial charge in [-0.2, -0.15) is 0 Å². The molecule has 0 amide bonds. The van der Waals surface area contributed by atoms with Crippen LogP contribution in [0.15, 0.2) is 22.7 Å². The average molecular weight is 368 g/mol. The number of benzene rings is 1. The minimum absolute atomic E-state index is 0.880. The molecule has 2 saturated heterocycles. The smallest absolute Gasteiger partial charge is 0.0594 e. The SMILES string of the molecule is Brc1cc(CN2CCNCC2)ccc1CCN1CCOCC1. The van der Waals surface area contributed by atoms with Crippen LogP contribution in [0.1, 0.15) is 11.1 Å². The number of ether oxygens (including phenoxy) is 1. The predicted octanol–water partition coefficient (Wildman–Crippen LogP) is 1.73. The normalized spacial score (nSPS) is 21.1. The van der Waals surface area contributed by atoms with Gasteiger partial charge in [-0.15, -0.1) is 0 Å². The Hall–Kier alpha value is -0.460. The van der Waals surface area contributed by atoms with E-state index in [4.69, 9.17) is 4.74 Å². The van der Waals surface area contributed by atoms with Gasteiger partial charge in [-0.25, -0.2) is 0 Å². The summed E-state index contributed by atoms with van der Waals surface area (Å²) in [5.41, 5.74) is 2.82. The van der Waals surface area contributed by atoms with Gasteiger partial charge >= 0.3 is 0 Å². The summed E-state index contributed by atoms with van der Waals surface area (Å²) < 4.78 is 6.66. The van der Waals surface area contributed by atoms with Crippen LogP contribution in [0.25, 0.3) is 0 Å². The van der Waals surface area contributed by atoms with Crippen molar-refractivity contribution in [3.63, 3.8) is 0 Å². The minimum Gasteiger partial charge on any atom is -0.379 e. The van der Waals surface area contributed by atoms with Gasteiger partial charge in [-0.05, 0) is 23.6 Å². The fourth-order valence-electron chi connectivity index (χ4n) is 3.12. The Labute approximate surface area is 141 Å². The Kier molecular flexibility index (Phi) is 6.27. The third-order valence-electron chi connectivity index (χ3n) is 4.53. The van der Waals surface area contributed by atoms with E-state index in [1.54, 1.807) is 0 Å². The van der Waals surface area contributed by atoms with Gasteiger partial charge in [-0.3, -0.25) is 9.80 Å². The van der Waals surface area contributed by atoms with Gasteiger partial charge in [0.1, 0.15) is 0 Å². The average Bonchev–Trinajstić information content (AvgIpc) is 2.56. The molecule has 1 N–H and O–H groups in total. The van der Waals surface area contributed by atoms with Crippen molar-refractivity contribution in [2.45, 2.75) is 13.0 Å². The fourth-order valence-corrected chi connectivity index (χ4v) is 3.75. The maximum absolute atomic E-state index is 5.40. The fraction of sp³-hybridized carbons (Fsp3) is 0.647. The van der Waals surface area contributed by atoms with Gasteiger partial charge < -0.3 is 10.1 Å². The summed E-state index contributed by atoms with van der Waals surface area (Å²) in [5, 5.41) is 3.40. The number of nitrogens with zero attached hydrogens (tertiary/aromatic N) is 2. The zero-order valence-corrected chi connectivity index (χ0v) is 14.8. The van der Waals surface area contributed by atoms with E-state index < -0.39 is 0 Å². The van der Waals surface area contributed by atoms with Gasteiger partial charge in [0.25, 0.3) is 0 Å². The van der Waals surface area contributed by atoms with E-state index in [9.17, 15) is 0 Å². The molecule has 4 nitrogen and oxygen atoms in total. The second-order valence-electron chi connectivity index (χ2n) is 6.16. The van der Waals surface area contributed by atoms with Crippen molar-refractivity contribution in [2.24, 2.45) is 0 Å². The van der Waals surface area contributed by atoms with Gasteiger partial charge in [0.2, 0.25) is 0 Å². The standard InChI is InChI=1S/C17H26BrN3O/c18-17-13-15(14-21-7-4-19-5-8-21)1-2-16(17)3-6-20-9-11-22-12-10-20/h1-2,13,19H,3-12,14H2. The first-order valence-electron chi connectivity index (χ1n) is 8.32. The molecule has 0 radical (unpaired) electrons. The summed E-state index contributed by atoms with van der Waals surface area (Å²) in [7, 11) is 0. The van der Waals surface area contributed by atoms with Crippen LogP contribution < -0.4 is 5.32 Å². The summed E-state index contributed by atoms with van der Waals surface area (Å²) in [4.78, 5) is 5.01. The lowest BCUT2D eigenvalue weighted by atomic mass is 10.1. The highest BCUT2D eigenvalue weighted by Gasteiger charge is 2.13. The summed E-state index contributed by atoms with van der Waals surface area (Å²) in [6.07, 6.45) is 1.11. The first-order valence-corrected chi connectivity index (χ1v) is 9.11. The van der Waals surface area contributed by atoms with Gasteiger partial charge in [0.15, 0.2) is 0 Å². The molecule has 0 bridgehead atoms. The van der Waals surface area contributed by atoms with Crippen molar-refractivity contribution in [1.29, 1.82) is 0 Å². The number of rotatable bonds is 5. The Morgan fingerprint density at radius 1 is 1.05 bits per heavy atom. The third kappa shape index (κ3) is 4.77. The van der Waals surface area contributed by atoms with E-state index in [1.165, 1.54) is 15.6 Å². The molecular weight excluding hydrogens is 342 g/mol. The Morgan fingerprint density at radius 3 is 2.55 bits per heavy atom. The van der Waals surface area contributed by atoms with E-state index in [-0.39, 0.29) is 0 Å². The lowest BCUT2D eigenvalue weighted by Crippen LogP contribution is -2.42. The molecule has 0 unspecified atom stereocenters. The third-order valence-corrected chi connectivity index (χ3v) is 5.27. The number of nitrogens with one attached hydrogen (secondary N) is 1. The quantitative estimate of drug-likeness (QED) is 0.857. The van der Waals surface area contributed by atoms with E-state index in [2.05, 4.69) is 49.2 Å². The van der Waals surface area contributed by atoms with Crippen molar-refractivity contribution in [3.8, 4) is 0 Å². The molecule has 2 heterocycles. The van der Waals surface area contributed by atoms with Crippen LogP contribution in [0.3, 0.4) is 0 Å². The van der Waals surface area contributed by atoms with E-state index >= 15 is 0 Å². The molecule has 0 spiro atoms. The molecule has 5 heteroatoms. The highest BCUT2D eigenvalue weighted by atomic mass is 79.9. The van der Waals surface area contributed by atoms with Crippen LogP contribution >= 0.6 is 15.9 Å². The maximum atomic E-state index is 5.40. The number of piperazine rings is 1. The second-order valence-corrected chi connectivity index (χ2v) is 7.01. The summed E-state index contributed by atoms with van der Waals surface area (Å²) >= 11 is 3.76. The molecule has 2 fully saturated rings. The molecule has 3 rings (SSSR count). The highest BCUT2D eigenvalue weighted by Crippen LogP contribution is 2.21. The van der Waals surface area contributed by atoms with Crippen LogP contribution in [-0.4, -0.2) is 68.8 Å². The van der Waals surface area contributed by atoms with Crippen LogP contribution in [0.5, 0.6) is 0 Å². The summed E-state index contributed by atoms with van der Waals surface area (Å²) in [6.45, 7) is 10.6. The van der Waals surface area contributed by atoms with Gasteiger partial charge in [-0.1, -0.05) is 28.1 Å². The largest absolute Gasteiger partial charge is 0.379 e. The number of hydrogen-bond donors (Lipinski definition) is 1. The molecule has 122 valence electrons. The second kappa shape index (κ2) is 8.41. The maximum Gasteiger partial charge on any atom is 0.0594 e. The number of halogens is 1. The first-order chi connectivity index (χ1) is 10.8. The molecule has 0 aromatic heterocycles. The van der Waals surface area contributed by atoms with Crippen molar-refractivity contribution in [1.82, 2.24) is 15.1 Å². The zero-order valence-electron chi connectivity index (χ0n) is 13.2. The van der Waals surface area contributed by atoms with Crippen molar-refractivity contribution < 1.29 is 4.74 Å². The Bertz CT molecular complexity index is 471. The van der Waals surface area contributed by atoms with Crippen molar-refractivity contribution in [3.05, 3.63) is 33.8 Å². The zero-order chi connectivity index (χ0) is 15.2. The molecule has 0 aliphatic carbocycles. The Balaban J connectivity index is 1.52. The van der Waals surface area contributed by atoms with Crippen LogP contribution in [0.2, 0.25) is 0 Å². The molecule has 0 atom stereocenters.